The minimum atomic E-state index is -1.22. The fourth-order valence-electron chi connectivity index (χ4n) is 5.61. The molecule has 2 aliphatic carbocycles. The van der Waals surface area contributed by atoms with Crippen LogP contribution < -0.4 is 10.6 Å². The monoisotopic (exact) mass is 542 g/mol. The van der Waals surface area contributed by atoms with Crippen molar-refractivity contribution in [1.82, 2.24) is 10.6 Å². The van der Waals surface area contributed by atoms with Crippen LogP contribution >= 0.6 is 0 Å². The largest absolute Gasteiger partial charge is 0.480 e. The maximum atomic E-state index is 12.9. The minimum Gasteiger partial charge on any atom is -0.480 e. The first kappa shape index (κ1) is 27.4. The predicted molar refractivity (Wildman–Crippen MR) is 150 cm³/mol. The van der Waals surface area contributed by atoms with E-state index in [0.29, 0.717) is 12.8 Å². The maximum Gasteiger partial charge on any atom is 0.407 e. The lowest BCUT2D eigenvalue weighted by Gasteiger charge is -2.42. The van der Waals surface area contributed by atoms with Crippen LogP contribution in [0.3, 0.4) is 0 Å². The molecule has 3 N–H and O–H groups in total. The second-order valence-corrected chi connectivity index (χ2v) is 10.6. The molecule has 8 heteroatoms. The molecule has 0 saturated heterocycles. The number of hydrogen-bond donors (Lipinski definition) is 3. The standard InChI is InChI=1S/C32H34N2O6/c1-21(39-19-22-10-3-2-4-11-22)29(30(36)37)33-28(35)18-32(16-9-17-32)34-31(38)40-20-27-25-14-7-5-12-23(25)24-13-6-8-15-26(24)27/h2-8,10-15,21,27,29H,9,16-20H2,1H3,(H,33,35)(H,34,38)(H,36,37)/t21-,29+/m0/s1. The quantitative estimate of drug-likeness (QED) is 0.314. The predicted octanol–water partition coefficient (Wildman–Crippen LogP) is 5.01. The Hall–Kier alpha value is -4.17. The summed E-state index contributed by atoms with van der Waals surface area (Å²) in [5, 5.41) is 15.2. The lowest BCUT2D eigenvalue weighted by Crippen LogP contribution is -2.58. The van der Waals surface area contributed by atoms with Crippen LogP contribution in [0.5, 0.6) is 0 Å². The van der Waals surface area contributed by atoms with E-state index in [0.717, 1.165) is 34.2 Å². The van der Waals surface area contributed by atoms with E-state index in [1.54, 1.807) is 6.92 Å². The first-order valence-corrected chi connectivity index (χ1v) is 13.7. The highest BCUT2D eigenvalue weighted by Crippen LogP contribution is 2.44. The van der Waals surface area contributed by atoms with Crippen molar-refractivity contribution in [2.24, 2.45) is 0 Å². The number of rotatable bonds is 11. The van der Waals surface area contributed by atoms with Gasteiger partial charge in [0.15, 0.2) is 6.04 Å². The van der Waals surface area contributed by atoms with Gasteiger partial charge >= 0.3 is 12.1 Å². The number of carboxylic acids is 1. The second-order valence-electron chi connectivity index (χ2n) is 10.6. The molecule has 2 amide bonds. The number of amides is 2. The van der Waals surface area contributed by atoms with E-state index in [9.17, 15) is 19.5 Å². The molecule has 5 rings (SSSR count). The highest BCUT2D eigenvalue weighted by Gasteiger charge is 2.42. The Morgan fingerprint density at radius 2 is 1.52 bits per heavy atom. The van der Waals surface area contributed by atoms with Gasteiger partial charge in [-0.2, -0.15) is 0 Å². The van der Waals surface area contributed by atoms with Gasteiger partial charge in [-0.05, 0) is 54.0 Å². The van der Waals surface area contributed by atoms with E-state index in [-0.39, 0.29) is 25.6 Å². The highest BCUT2D eigenvalue weighted by atomic mass is 16.5. The number of carboxylic acid groups (broad SMARTS) is 1. The third-order valence-electron chi connectivity index (χ3n) is 7.93. The topological polar surface area (TPSA) is 114 Å². The third-order valence-corrected chi connectivity index (χ3v) is 7.93. The molecule has 3 aromatic carbocycles. The number of alkyl carbamates (subject to hydrolysis) is 1. The Kier molecular flexibility index (Phi) is 8.16. The molecule has 0 aliphatic heterocycles. The van der Waals surface area contributed by atoms with Crippen LogP contribution in [0.25, 0.3) is 11.1 Å². The summed E-state index contributed by atoms with van der Waals surface area (Å²) in [4.78, 5) is 37.8. The molecule has 2 aliphatic rings. The molecule has 208 valence electrons. The SMILES string of the molecule is C[C@H](OCc1ccccc1)[C@@H](NC(=O)CC1(NC(=O)OCC2c3ccccc3-c3ccccc32)CCC1)C(=O)O. The van der Waals surface area contributed by atoms with E-state index in [2.05, 4.69) is 34.9 Å². The van der Waals surface area contributed by atoms with Crippen molar-refractivity contribution in [3.63, 3.8) is 0 Å². The molecule has 40 heavy (non-hydrogen) atoms. The van der Waals surface area contributed by atoms with Crippen molar-refractivity contribution in [3.05, 3.63) is 95.6 Å². The number of ether oxygens (including phenoxy) is 2. The molecule has 3 aromatic rings. The van der Waals surface area contributed by atoms with Gasteiger partial charge in [-0.15, -0.1) is 0 Å². The van der Waals surface area contributed by atoms with Crippen LogP contribution in [0, 0.1) is 0 Å². The fraction of sp³-hybridized carbons (Fsp3) is 0.344. The lowest BCUT2D eigenvalue weighted by atomic mass is 9.74. The van der Waals surface area contributed by atoms with Gasteiger partial charge in [-0.1, -0.05) is 78.9 Å². The first-order chi connectivity index (χ1) is 19.3. The molecule has 1 fully saturated rings. The highest BCUT2D eigenvalue weighted by molar-refractivity contribution is 5.85. The Morgan fingerprint density at radius 1 is 0.925 bits per heavy atom. The number of aliphatic carboxylic acids is 1. The van der Waals surface area contributed by atoms with Gasteiger partial charge in [0, 0.05) is 12.3 Å². The molecule has 2 atom stereocenters. The van der Waals surface area contributed by atoms with Crippen molar-refractivity contribution in [2.45, 2.75) is 62.8 Å². The molecule has 8 nitrogen and oxygen atoms in total. The van der Waals surface area contributed by atoms with Crippen LogP contribution in [0.4, 0.5) is 4.79 Å². The number of nitrogens with one attached hydrogen (secondary N) is 2. The van der Waals surface area contributed by atoms with Gasteiger partial charge in [0.1, 0.15) is 6.61 Å². The summed E-state index contributed by atoms with van der Waals surface area (Å²) in [6.45, 7) is 2.03. The average Bonchev–Trinajstić information content (AvgIpc) is 3.26. The fourth-order valence-corrected chi connectivity index (χ4v) is 5.61. The zero-order valence-corrected chi connectivity index (χ0v) is 22.5. The Labute approximate surface area is 233 Å². The molecule has 1 saturated carbocycles. The summed E-state index contributed by atoms with van der Waals surface area (Å²) in [7, 11) is 0. The zero-order valence-electron chi connectivity index (χ0n) is 22.5. The number of hydrogen-bond acceptors (Lipinski definition) is 5. The van der Waals surface area contributed by atoms with Crippen LogP contribution in [-0.2, 0) is 25.7 Å². The Morgan fingerprint density at radius 3 is 2.10 bits per heavy atom. The van der Waals surface area contributed by atoms with Crippen molar-refractivity contribution in [1.29, 1.82) is 0 Å². The van der Waals surface area contributed by atoms with E-state index in [1.165, 1.54) is 0 Å². The number of benzene rings is 3. The normalized spacial score (nSPS) is 16.5. The molecule has 0 heterocycles. The zero-order chi connectivity index (χ0) is 28.1. The lowest BCUT2D eigenvalue weighted by molar-refractivity contribution is -0.147. The van der Waals surface area contributed by atoms with Gasteiger partial charge in [-0.3, -0.25) is 4.79 Å². The summed E-state index contributed by atoms with van der Waals surface area (Å²) in [5.41, 5.74) is 4.69. The van der Waals surface area contributed by atoms with Crippen LogP contribution in [-0.4, -0.2) is 47.4 Å². The molecular weight excluding hydrogens is 508 g/mol. The van der Waals surface area contributed by atoms with E-state index < -0.39 is 35.7 Å². The summed E-state index contributed by atoms with van der Waals surface area (Å²) in [6.07, 6.45) is 0.713. The van der Waals surface area contributed by atoms with E-state index in [4.69, 9.17) is 9.47 Å². The second kappa shape index (κ2) is 11.9. The minimum absolute atomic E-state index is 0.0353. The summed E-state index contributed by atoms with van der Waals surface area (Å²) < 4.78 is 11.4. The van der Waals surface area contributed by atoms with Crippen molar-refractivity contribution in [2.75, 3.05) is 6.61 Å². The molecule has 0 bridgehead atoms. The molecule has 0 aromatic heterocycles. The van der Waals surface area contributed by atoms with Gasteiger partial charge in [0.25, 0.3) is 0 Å². The summed E-state index contributed by atoms with van der Waals surface area (Å²) in [5.74, 6) is -1.70. The summed E-state index contributed by atoms with van der Waals surface area (Å²) in [6, 6.07) is 24.4. The third kappa shape index (κ3) is 6.02. The van der Waals surface area contributed by atoms with Gasteiger partial charge in [0.05, 0.1) is 18.2 Å². The van der Waals surface area contributed by atoms with Gasteiger partial charge < -0.3 is 25.2 Å². The number of carbonyl (C=O) groups is 3. The molecular formula is C32H34N2O6. The number of carbonyl (C=O) groups excluding carboxylic acids is 2. The molecule has 0 spiro atoms. The average molecular weight is 543 g/mol. The molecule has 0 radical (unpaired) electrons. The van der Waals surface area contributed by atoms with Crippen molar-refractivity contribution in [3.8, 4) is 11.1 Å². The van der Waals surface area contributed by atoms with Gasteiger partial charge in [0.2, 0.25) is 5.91 Å². The van der Waals surface area contributed by atoms with Crippen LogP contribution in [0.1, 0.15) is 55.2 Å². The van der Waals surface area contributed by atoms with E-state index >= 15 is 0 Å². The molecule has 0 unspecified atom stereocenters. The first-order valence-electron chi connectivity index (χ1n) is 13.7. The maximum absolute atomic E-state index is 12.9. The Balaban J connectivity index is 1.16. The smallest absolute Gasteiger partial charge is 0.407 e. The Bertz CT molecular complexity index is 1330. The van der Waals surface area contributed by atoms with Crippen molar-refractivity contribution >= 4 is 18.0 Å². The van der Waals surface area contributed by atoms with E-state index in [1.807, 2.05) is 54.6 Å². The van der Waals surface area contributed by atoms with Gasteiger partial charge in [-0.25, -0.2) is 9.59 Å². The number of fused-ring (bicyclic) bond motifs is 3. The van der Waals surface area contributed by atoms with Crippen LogP contribution in [0.15, 0.2) is 78.9 Å². The van der Waals surface area contributed by atoms with Crippen LogP contribution in [0.2, 0.25) is 0 Å². The summed E-state index contributed by atoms with van der Waals surface area (Å²) >= 11 is 0. The van der Waals surface area contributed by atoms with Crippen molar-refractivity contribution < 1.29 is 29.0 Å².